The van der Waals surface area contributed by atoms with Crippen molar-refractivity contribution in [1.82, 2.24) is 15.1 Å². The Morgan fingerprint density at radius 3 is 2.58 bits per heavy atom. The Morgan fingerprint density at radius 1 is 1.42 bits per heavy atom. The van der Waals surface area contributed by atoms with Crippen LogP contribution in [0.1, 0.15) is 37.3 Å². The van der Waals surface area contributed by atoms with Gasteiger partial charge in [-0.05, 0) is 31.0 Å². The highest BCUT2D eigenvalue weighted by molar-refractivity contribution is 5.83. The normalized spacial score (nSPS) is 14.7. The van der Waals surface area contributed by atoms with Crippen molar-refractivity contribution in [1.29, 1.82) is 0 Å². The third-order valence-corrected chi connectivity index (χ3v) is 4.18. The van der Waals surface area contributed by atoms with Gasteiger partial charge >= 0.3 is 0 Å². The lowest BCUT2D eigenvalue weighted by Gasteiger charge is -2.24. The molecule has 2 atom stereocenters. The summed E-state index contributed by atoms with van der Waals surface area (Å²) in [4.78, 5) is 12.5. The summed E-state index contributed by atoms with van der Waals surface area (Å²) in [6, 6.07) is 7.48. The molecule has 6 heteroatoms. The van der Waals surface area contributed by atoms with E-state index in [0.29, 0.717) is 12.0 Å². The summed E-state index contributed by atoms with van der Waals surface area (Å²) >= 11 is 0. The van der Waals surface area contributed by atoms with Crippen molar-refractivity contribution in [3.05, 3.63) is 47.8 Å². The van der Waals surface area contributed by atoms with Crippen LogP contribution in [0.3, 0.4) is 0 Å². The van der Waals surface area contributed by atoms with Crippen LogP contribution in [0.25, 0.3) is 0 Å². The summed E-state index contributed by atoms with van der Waals surface area (Å²) in [6.45, 7) is 3.76. The molecular formula is C18H25N3O3. The second-order valence-electron chi connectivity index (χ2n) is 6.13. The fourth-order valence-corrected chi connectivity index (χ4v) is 2.59. The second-order valence-corrected chi connectivity index (χ2v) is 6.13. The molecule has 0 radical (unpaired) electrons. The second kappa shape index (κ2) is 7.49. The highest BCUT2D eigenvalue weighted by Gasteiger charge is 2.27. The van der Waals surface area contributed by atoms with Crippen LogP contribution in [0, 0.1) is 0 Å². The third kappa shape index (κ3) is 4.14. The predicted molar refractivity (Wildman–Crippen MR) is 91.8 cm³/mol. The molecule has 24 heavy (non-hydrogen) atoms. The topological polar surface area (TPSA) is 76.4 Å². The van der Waals surface area contributed by atoms with E-state index in [2.05, 4.69) is 10.4 Å². The summed E-state index contributed by atoms with van der Waals surface area (Å²) < 4.78 is 6.77. The van der Waals surface area contributed by atoms with E-state index in [9.17, 15) is 9.90 Å². The molecule has 1 aromatic carbocycles. The Bertz CT molecular complexity index is 677. The van der Waals surface area contributed by atoms with Crippen LogP contribution in [0.15, 0.2) is 36.7 Å². The number of carbonyl (C=O) groups is 1. The van der Waals surface area contributed by atoms with E-state index in [-0.39, 0.29) is 18.4 Å². The van der Waals surface area contributed by atoms with Gasteiger partial charge in [0.2, 0.25) is 5.91 Å². The molecule has 0 spiro atoms. The third-order valence-electron chi connectivity index (χ3n) is 4.18. The Labute approximate surface area is 142 Å². The van der Waals surface area contributed by atoms with Gasteiger partial charge in [0.15, 0.2) is 0 Å². The van der Waals surface area contributed by atoms with Crippen LogP contribution in [0.5, 0.6) is 5.75 Å². The summed E-state index contributed by atoms with van der Waals surface area (Å²) in [6.07, 6.45) is 4.02. The van der Waals surface area contributed by atoms with Gasteiger partial charge in [-0.3, -0.25) is 9.48 Å². The van der Waals surface area contributed by atoms with Crippen molar-refractivity contribution in [2.24, 2.45) is 7.05 Å². The minimum atomic E-state index is -1.16. The first-order valence-electron chi connectivity index (χ1n) is 8.00. The van der Waals surface area contributed by atoms with Gasteiger partial charge in [-0.25, -0.2) is 0 Å². The SMILES string of the molecule is CCC(C(=O)NCC(C)(O)c1cnn(C)c1)c1ccc(OC)cc1. The maximum absolute atomic E-state index is 12.5. The van der Waals surface area contributed by atoms with E-state index >= 15 is 0 Å². The smallest absolute Gasteiger partial charge is 0.227 e. The van der Waals surface area contributed by atoms with Crippen molar-refractivity contribution in [3.8, 4) is 5.75 Å². The molecule has 1 heterocycles. The van der Waals surface area contributed by atoms with Crippen molar-refractivity contribution in [2.45, 2.75) is 31.8 Å². The molecule has 0 saturated carbocycles. The molecule has 1 amide bonds. The Morgan fingerprint density at radius 2 is 2.08 bits per heavy atom. The van der Waals surface area contributed by atoms with Crippen molar-refractivity contribution < 1.29 is 14.6 Å². The molecule has 0 bridgehead atoms. The van der Waals surface area contributed by atoms with Gasteiger partial charge in [0, 0.05) is 18.8 Å². The molecule has 2 aromatic rings. The first-order chi connectivity index (χ1) is 11.4. The zero-order valence-electron chi connectivity index (χ0n) is 14.6. The molecule has 0 aliphatic carbocycles. The van der Waals surface area contributed by atoms with Gasteiger partial charge < -0.3 is 15.2 Å². The van der Waals surface area contributed by atoms with Crippen molar-refractivity contribution in [2.75, 3.05) is 13.7 Å². The quantitative estimate of drug-likeness (QED) is 0.813. The first kappa shape index (κ1) is 18.0. The highest BCUT2D eigenvalue weighted by Crippen LogP contribution is 2.24. The molecule has 2 unspecified atom stereocenters. The summed E-state index contributed by atoms with van der Waals surface area (Å²) in [5.74, 6) is 0.390. The molecule has 0 aliphatic rings. The largest absolute Gasteiger partial charge is 0.497 e. The first-order valence-corrected chi connectivity index (χ1v) is 8.00. The number of ether oxygens (including phenoxy) is 1. The van der Waals surface area contributed by atoms with E-state index in [1.807, 2.05) is 31.2 Å². The average molecular weight is 331 g/mol. The number of hydrogen-bond acceptors (Lipinski definition) is 4. The predicted octanol–water partition coefficient (Wildman–Crippen LogP) is 1.95. The van der Waals surface area contributed by atoms with Gasteiger partial charge in [0.25, 0.3) is 0 Å². The van der Waals surface area contributed by atoms with Crippen LogP contribution in [-0.2, 0) is 17.4 Å². The van der Waals surface area contributed by atoms with E-state index in [0.717, 1.165) is 11.3 Å². The zero-order valence-corrected chi connectivity index (χ0v) is 14.6. The molecule has 0 aliphatic heterocycles. The summed E-state index contributed by atoms with van der Waals surface area (Å²) in [5.41, 5.74) is 0.432. The number of hydrogen-bond donors (Lipinski definition) is 2. The number of aryl methyl sites for hydroxylation is 1. The number of rotatable bonds is 7. The number of benzene rings is 1. The number of methoxy groups -OCH3 is 1. The Hall–Kier alpha value is -2.34. The van der Waals surface area contributed by atoms with Gasteiger partial charge in [0.1, 0.15) is 11.4 Å². The molecule has 130 valence electrons. The monoisotopic (exact) mass is 331 g/mol. The lowest BCUT2D eigenvalue weighted by atomic mass is 9.94. The maximum atomic E-state index is 12.5. The summed E-state index contributed by atoms with van der Waals surface area (Å²) in [7, 11) is 3.40. The van der Waals surface area contributed by atoms with Gasteiger partial charge in [-0.15, -0.1) is 0 Å². The van der Waals surface area contributed by atoms with E-state index in [1.54, 1.807) is 38.2 Å². The number of nitrogens with one attached hydrogen (secondary N) is 1. The van der Waals surface area contributed by atoms with E-state index in [4.69, 9.17) is 4.74 Å². The van der Waals surface area contributed by atoms with Crippen LogP contribution in [0.2, 0.25) is 0 Å². The summed E-state index contributed by atoms with van der Waals surface area (Å²) in [5, 5.41) is 17.5. The minimum absolute atomic E-state index is 0.105. The van der Waals surface area contributed by atoms with Crippen LogP contribution < -0.4 is 10.1 Å². The lowest BCUT2D eigenvalue weighted by Crippen LogP contribution is -2.40. The number of aliphatic hydroxyl groups is 1. The zero-order chi connectivity index (χ0) is 17.7. The van der Waals surface area contributed by atoms with Crippen molar-refractivity contribution in [3.63, 3.8) is 0 Å². The standard InChI is InChI=1S/C18H25N3O3/c1-5-16(13-6-8-15(24-4)9-7-13)17(22)19-12-18(2,23)14-10-20-21(3)11-14/h6-11,16,23H,5,12H2,1-4H3,(H,19,22). The molecule has 6 nitrogen and oxygen atoms in total. The molecule has 0 fully saturated rings. The molecule has 2 N–H and O–H groups in total. The van der Waals surface area contributed by atoms with Crippen LogP contribution in [0.4, 0.5) is 0 Å². The minimum Gasteiger partial charge on any atom is -0.497 e. The van der Waals surface area contributed by atoms with Gasteiger partial charge in [0.05, 0.1) is 25.8 Å². The van der Waals surface area contributed by atoms with Crippen LogP contribution >= 0.6 is 0 Å². The molecular weight excluding hydrogens is 306 g/mol. The average Bonchev–Trinajstić information content (AvgIpc) is 3.02. The molecule has 1 aromatic heterocycles. The maximum Gasteiger partial charge on any atom is 0.227 e. The highest BCUT2D eigenvalue weighted by atomic mass is 16.5. The van der Waals surface area contributed by atoms with Crippen molar-refractivity contribution >= 4 is 5.91 Å². The fraction of sp³-hybridized carbons (Fsp3) is 0.444. The van der Waals surface area contributed by atoms with Gasteiger partial charge in [-0.2, -0.15) is 5.10 Å². The number of amides is 1. The van der Waals surface area contributed by atoms with E-state index < -0.39 is 5.60 Å². The molecule has 2 rings (SSSR count). The van der Waals surface area contributed by atoms with E-state index in [1.165, 1.54) is 0 Å². The van der Waals surface area contributed by atoms with Crippen LogP contribution in [-0.4, -0.2) is 34.4 Å². The number of carbonyl (C=O) groups excluding carboxylic acids is 1. The Kier molecular flexibility index (Phi) is 5.62. The fourth-order valence-electron chi connectivity index (χ4n) is 2.59. The lowest BCUT2D eigenvalue weighted by molar-refractivity contribution is -0.123. The Balaban J connectivity index is 2.03. The number of nitrogens with zero attached hydrogens (tertiary/aromatic N) is 2. The number of aromatic nitrogens is 2. The van der Waals surface area contributed by atoms with Gasteiger partial charge in [-0.1, -0.05) is 19.1 Å². The molecule has 0 saturated heterocycles.